The number of carbonyl (C=O) groups is 2. The largest absolute Gasteiger partial charge is 0.479 e. The summed E-state index contributed by atoms with van der Waals surface area (Å²) in [7, 11) is 0. The number of fused-ring (bicyclic) bond motifs is 1. The minimum atomic E-state index is -0.817. The number of benzene rings is 2. The molecule has 0 aromatic heterocycles. The SMILES string of the molecule is CC(Oc1ccc(Cl)cc1Cl)C(=O)N1CC(=O)Nc2ccccc21. The van der Waals surface area contributed by atoms with Crippen molar-refractivity contribution in [1.29, 1.82) is 0 Å². The third kappa shape index (κ3) is 3.32. The Kier molecular flexibility index (Phi) is 4.64. The van der Waals surface area contributed by atoms with E-state index in [9.17, 15) is 9.59 Å². The lowest BCUT2D eigenvalue weighted by Crippen LogP contribution is -2.47. The van der Waals surface area contributed by atoms with Crippen molar-refractivity contribution in [2.24, 2.45) is 0 Å². The van der Waals surface area contributed by atoms with Crippen LogP contribution < -0.4 is 15.0 Å². The molecule has 0 fully saturated rings. The van der Waals surface area contributed by atoms with E-state index in [-0.39, 0.29) is 18.4 Å². The molecule has 7 heteroatoms. The van der Waals surface area contributed by atoms with E-state index < -0.39 is 6.10 Å². The summed E-state index contributed by atoms with van der Waals surface area (Å²) < 4.78 is 5.65. The van der Waals surface area contributed by atoms with E-state index in [1.165, 1.54) is 4.90 Å². The van der Waals surface area contributed by atoms with Gasteiger partial charge in [0.15, 0.2) is 6.10 Å². The summed E-state index contributed by atoms with van der Waals surface area (Å²) in [5, 5.41) is 3.54. The normalized spacial score (nSPS) is 14.6. The van der Waals surface area contributed by atoms with Crippen molar-refractivity contribution in [2.75, 3.05) is 16.8 Å². The average Bonchev–Trinajstić information content (AvgIpc) is 2.55. The van der Waals surface area contributed by atoms with Crippen molar-refractivity contribution in [3.05, 3.63) is 52.5 Å². The fraction of sp³-hybridized carbons (Fsp3) is 0.176. The summed E-state index contributed by atoms with van der Waals surface area (Å²) in [6.07, 6.45) is -0.817. The van der Waals surface area contributed by atoms with Crippen LogP contribution in [0.1, 0.15) is 6.92 Å². The number of rotatable bonds is 3. The molecular formula is C17H14Cl2N2O3. The molecule has 0 aliphatic carbocycles. The second kappa shape index (κ2) is 6.71. The zero-order chi connectivity index (χ0) is 17.3. The van der Waals surface area contributed by atoms with E-state index >= 15 is 0 Å². The molecule has 5 nitrogen and oxygen atoms in total. The van der Waals surface area contributed by atoms with Crippen molar-refractivity contribution in [2.45, 2.75) is 13.0 Å². The van der Waals surface area contributed by atoms with Crippen molar-refractivity contribution < 1.29 is 14.3 Å². The Hall–Kier alpha value is -2.24. The number of hydrogen-bond acceptors (Lipinski definition) is 3. The first-order valence-electron chi connectivity index (χ1n) is 7.27. The quantitative estimate of drug-likeness (QED) is 0.902. The van der Waals surface area contributed by atoms with Gasteiger partial charge in [0.25, 0.3) is 5.91 Å². The van der Waals surface area contributed by atoms with Crippen molar-refractivity contribution in [1.82, 2.24) is 0 Å². The monoisotopic (exact) mass is 364 g/mol. The van der Waals surface area contributed by atoms with Crippen LogP contribution in [0.2, 0.25) is 10.0 Å². The van der Waals surface area contributed by atoms with Crippen LogP contribution in [0.3, 0.4) is 0 Å². The lowest BCUT2D eigenvalue weighted by Gasteiger charge is -2.31. The summed E-state index contributed by atoms with van der Waals surface area (Å²) >= 11 is 11.9. The van der Waals surface area contributed by atoms with Gasteiger partial charge in [-0.15, -0.1) is 0 Å². The fourth-order valence-corrected chi connectivity index (χ4v) is 2.91. The van der Waals surface area contributed by atoms with Crippen LogP contribution in [0.15, 0.2) is 42.5 Å². The van der Waals surface area contributed by atoms with E-state index in [1.807, 2.05) is 0 Å². The van der Waals surface area contributed by atoms with Crippen LogP contribution >= 0.6 is 23.2 Å². The van der Waals surface area contributed by atoms with Gasteiger partial charge < -0.3 is 10.1 Å². The molecule has 0 saturated heterocycles. The minimum absolute atomic E-state index is 0.0576. The molecule has 2 amide bonds. The van der Waals surface area contributed by atoms with Gasteiger partial charge in [0, 0.05) is 5.02 Å². The molecule has 1 aliphatic rings. The summed E-state index contributed by atoms with van der Waals surface area (Å²) in [6.45, 7) is 1.56. The van der Waals surface area contributed by atoms with Gasteiger partial charge in [-0.25, -0.2) is 0 Å². The van der Waals surface area contributed by atoms with E-state index in [4.69, 9.17) is 27.9 Å². The number of para-hydroxylation sites is 2. The molecule has 0 radical (unpaired) electrons. The second-order valence-electron chi connectivity index (χ2n) is 5.32. The number of nitrogens with zero attached hydrogens (tertiary/aromatic N) is 1. The highest BCUT2D eigenvalue weighted by molar-refractivity contribution is 6.35. The van der Waals surface area contributed by atoms with Gasteiger partial charge >= 0.3 is 0 Å². The maximum atomic E-state index is 12.7. The number of hydrogen-bond donors (Lipinski definition) is 1. The molecule has 2 aromatic rings. The first-order chi connectivity index (χ1) is 11.5. The van der Waals surface area contributed by atoms with Gasteiger partial charge in [-0.1, -0.05) is 35.3 Å². The van der Waals surface area contributed by atoms with Gasteiger partial charge in [-0.05, 0) is 37.3 Å². The van der Waals surface area contributed by atoms with E-state index in [1.54, 1.807) is 49.4 Å². The number of carbonyl (C=O) groups excluding carboxylic acids is 2. The standard InChI is InChI=1S/C17H14Cl2N2O3/c1-10(24-15-7-6-11(18)8-12(15)19)17(23)21-9-16(22)20-13-4-2-3-5-14(13)21/h2-8,10H,9H2,1H3,(H,20,22). The molecule has 1 atom stereocenters. The lowest BCUT2D eigenvalue weighted by atomic mass is 10.1. The Morgan fingerprint density at radius 2 is 2.00 bits per heavy atom. The Morgan fingerprint density at radius 1 is 1.25 bits per heavy atom. The minimum Gasteiger partial charge on any atom is -0.479 e. The molecular weight excluding hydrogens is 351 g/mol. The molecule has 1 unspecified atom stereocenters. The van der Waals surface area contributed by atoms with Crippen molar-refractivity contribution in [3.63, 3.8) is 0 Å². The molecule has 2 aromatic carbocycles. The second-order valence-corrected chi connectivity index (χ2v) is 6.17. The van der Waals surface area contributed by atoms with Gasteiger partial charge in [-0.2, -0.15) is 0 Å². The Bertz CT molecular complexity index is 810. The maximum Gasteiger partial charge on any atom is 0.268 e. The first-order valence-corrected chi connectivity index (χ1v) is 8.03. The fourth-order valence-electron chi connectivity index (χ4n) is 2.46. The topological polar surface area (TPSA) is 58.6 Å². The zero-order valence-corrected chi connectivity index (χ0v) is 14.3. The van der Waals surface area contributed by atoms with Crippen molar-refractivity contribution >= 4 is 46.4 Å². The Morgan fingerprint density at radius 3 is 2.75 bits per heavy atom. The van der Waals surface area contributed by atoms with Crippen LogP contribution in [0.25, 0.3) is 0 Å². The Labute approximate surface area is 149 Å². The van der Waals surface area contributed by atoms with Crippen LogP contribution in [-0.2, 0) is 9.59 Å². The number of ether oxygens (including phenoxy) is 1. The molecule has 1 heterocycles. The summed E-state index contributed by atoms with van der Waals surface area (Å²) in [6, 6.07) is 11.9. The number of halogens is 2. The highest BCUT2D eigenvalue weighted by Crippen LogP contribution is 2.31. The van der Waals surface area contributed by atoms with Gasteiger partial charge in [0.1, 0.15) is 12.3 Å². The molecule has 124 valence electrons. The zero-order valence-electron chi connectivity index (χ0n) is 12.8. The van der Waals surface area contributed by atoms with E-state index in [0.717, 1.165) is 0 Å². The molecule has 1 aliphatic heterocycles. The molecule has 0 saturated carbocycles. The summed E-state index contributed by atoms with van der Waals surface area (Å²) in [5.41, 5.74) is 1.23. The lowest BCUT2D eigenvalue weighted by molar-refractivity contribution is -0.126. The molecule has 3 rings (SSSR count). The van der Waals surface area contributed by atoms with Gasteiger partial charge in [0.2, 0.25) is 5.91 Å². The smallest absolute Gasteiger partial charge is 0.268 e. The van der Waals surface area contributed by atoms with Crippen molar-refractivity contribution in [3.8, 4) is 5.75 Å². The molecule has 0 spiro atoms. The molecule has 24 heavy (non-hydrogen) atoms. The number of amides is 2. The molecule has 0 bridgehead atoms. The summed E-state index contributed by atoms with van der Waals surface area (Å²) in [4.78, 5) is 26.0. The third-order valence-corrected chi connectivity index (χ3v) is 4.11. The molecule has 1 N–H and O–H groups in total. The van der Waals surface area contributed by atoms with Gasteiger partial charge in [0.05, 0.1) is 16.4 Å². The predicted molar refractivity (Wildman–Crippen MR) is 94.0 cm³/mol. The average molecular weight is 365 g/mol. The van der Waals surface area contributed by atoms with Crippen LogP contribution in [-0.4, -0.2) is 24.5 Å². The van der Waals surface area contributed by atoms with Crippen LogP contribution in [0.5, 0.6) is 5.75 Å². The van der Waals surface area contributed by atoms with Gasteiger partial charge in [-0.3, -0.25) is 14.5 Å². The highest BCUT2D eigenvalue weighted by atomic mass is 35.5. The number of anilines is 2. The predicted octanol–water partition coefficient (Wildman–Crippen LogP) is 3.75. The highest BCUT2D eigenvalue weighted by Gasteiger charge is 2.30. The van der Waals surface area contributed by atoms with Crippen LogP contribution in [0.4, 0.5) is 11.4 Å². The maximum absolute atomic E-state index is 12.7. The summed E-state index contributed by atoms with van der Waals surface area (Å²) in [5.74, 6) is -0.223. The van der Waals surface area contributed by atoms with E-state index in [2.05, 4.69) is 5.32 Å². The first kappa shape index (κ1) is 16.6. The van der Waals surface area contributed by atoms with E-state index in [0.29, 0.717) is 27.2 Å². The Balaban J connectivity index is 1.82. The third-order valence-electron chi connectivity index (χ3n) is 3.58. The number of nitrogens with one attached hydrogen (secondary N) is 1. The van der Waals surface area contributed by atoms with Crippen LogP contribution in [0, 0.1) is 0 Å².